The van der Waals surface area contributed by atoms with Gasteiger partial charge < -0.3 is 34.2 Å². The molecule has 1 saturated carbocycles. The Kier molecular flexibility index (Phi) is 19.3. The van der Waals surface area contributed by atoms with Crippen LogP contribution in [0.15, 0.2) is 60.3 Å². The van der Waals surface area contributed by atoms with E-state index in [-0.39, 0.29) is 49.4 Å². The molecule has 1 heterocycles. The molecule has 0 aromatic heterocycles. The topological polar surface area (TPSA) is 110 Å². The van der Waals surface area contributed by atoms with E-state index < -0.39 is 11.8 Å². The quantitative estimate of drug-likeness (QED) is 0.0497. The first-order valence-corrected chi connectivity index (χ1v) is 21.6. The first-order chi connectivity index (χ1) is 26.9. The number of hydrogen-bond donors (Lipinski definition) is 2. The van der Waals surface area contributed by atoms with Crippen LogP contribution in [0.1, 0.15) is 141 Å². The molecule has 0 radical (unpaired) electrons. The van der Waals surface area contributed by atoms with Gasteiger partial charge in [-0.3, -0.25) is 4.79 Å². The second kappa shape index (κ2) is 23.8. The Morgan fingerprint density at radius 1 is 0.927 bits per heavy atom. The van der Waals surface area contributed by atoms with Gasteiger partial charge in [0.05, 0.1) is 18.2 Å². The number of oxime groups is 1. The van der Waals surface area contributed by atoms with Gasteiger partial charge in [-0.15, -0.1) is 6.58 Å². The van der Waals surface area contributed by atoms with Crippen molar-refractivity contribution in [2.75, 3.05) is 40.1 Å². The maximum Gasteiger partial charge on any atom is 0.239 e. The summed E-state index contributed by atoms with van der Waals surface area (Å²) < 4.78 is 20.4. The molecule has 9 nitrogen and oxygen atoms in total. The van der Waals surface area contributed by atoms with Crippen LogP contribution in [0.5, 0.6) is 11.5 Å². The maximum atomic E-state index is 14.5. The minimum absolute atomic E-state index is 0.0700. The van der Waals surface area contributed by atoms with Crippen LogP contribution in [0.25, 0.3) is 0 Å². The van der Waals surface area contributed by atoms with Crippen LogP contribution >= 0.6 is 0 Å². The number of nitrogens with zero attached hydrogens (tertiary/aromatic N) is 2. The molecule has 1 fully saturated rings. The van der Waals surface area contributed by atoms with Crippen LogP contribution in [0.3, 0.4) is 0 Å². The lowest BCUT2D eigenvalue weighted by atomic mass is 9.55. The Balaban J connectivity index is 1.82. The Morgan fingerprint density at radius 2 is 1.62 bits per heavy atom. The number of aliphatic hydroxyl groups is 2. The van der Waals surface area contributed by atoms with E-state index in [2.05, 4.69) is 39.1 Å². The molecule has 1 amide bonds. The van der Waals surface area contributed by atoms with E-state index in [1.165, 1.54) is 38.5 Å². The van der Waals surface area contributed by atoms with Crippen LogP contribution in [0, 0.1) is 17.8 Å². The zero-order valence-electron chi connectivity index (χ0n) is 34.4. The second-order valence-corrected chi connectivity index (χ2v) is 15.7. The van der Waals surface area contributed by atoms with Crippen molar-refractivity contribution in [2.24, 2.45) is 22.9 Å². The molecule has 0 bridgehead atoms. The predicted molar refractivity (Wildman–Crippen MR) is 222 cm³/mol. The van der Waals surface area contributed by atoms with Crippen molar-refractivity contribution in [1.29, 1.82) is 0 Å². The summed E-state index contributed by atoms with van der Waals surface area (Å²) in [6, 6.07) is 5.59. The van der Waals surface area contributed by atoms with E-state index >= 15 is 0 Å². The third kappa shape index (κ3) is 11.5. The van der Waals surface area contributed by atoms with Gasteiger partial charge in [-0.2, -0.15) is 0 Å². The molecule has 6 atom stereocenters. The van der Waals surface area contributed by atoms with E-state index in [0.29, 0.717) is 32.4 Å². The van der Waals surface area contributed by atoms with Crippen LogP contribution in [0.4, 0.5) is 0 Å². The van der Waals surface area contributed by atoms with E-state index in [4.69, 9.17) is 24.2 Å². The number of amides is 1. The number of rotatable bonds is 28. The number of benzene rings is 1. The van der Waals surface area contributed by atoms with Gasteiger partial charge in [0.1, 0.15) is 31.3 Å². The number of unbranched alkanes of at least 4 members (excludes halogenated alkanes) is 10. The lowest BCUT2D eigenvalue weighted by Gasteiger charge is -2.60. The van der Waals surface area contributed by atoms with Crippen molar-refractivity contribution in [3.8, 4) is 11.5 Å². The van der Waals surface area contributed by atoms with Gasteiger partial charge in [0.15, 0.2) is 0 Å². The highest BCUT2D eigenvalue weighted by Crippen LogP contribution is 2.62. The van der Waals surface area contributed by atoms with Crippen molar-refractivity contribution >= 4 is 11.6 Å². The molecule has 55 heavy (non-hydrogen) atoms. The second-order valence-electron chi connectivity index (χ2n) is 15.7. The smallest absolute Gasteiger partial charge is 0.239 e. The summed E-state index contributed by atoms with van der Waals surface area (Å²) in [5.74, 6) is 0.350. The molecular weight excluding hydrogens is 693 g/mol. The summed E-state index contributed by atoms with van der Waals surface area (Å²) in [6.45, 7) is 13.8. The molecule has 6 unspecified atom stereocenters. The molecule has 3 aliphatic rings. The van der Waals surface area contributed by atoms with Crippen molar-refractivity contribution in [1.82, 2.24) is 4.90 Å². The molecule has 1 aliphatic heterocycles. The van der Waals surface area contributed by atoms with Crippen molar-refractivity contribution in [3.05, 3.63) is 60.7 Å². The molecule has 2 aliphatic carbocycles. The van der Waals surface area contributed by atoms with E-state index in [1.807, 2.05) is 17.0 Å². The van der Waals surface area contributed by atoms with Gasteiger partial charge in [-0.1, -0.05) is 108 Å². The highest BCUT2D eigenvalue weighted by atomic mass is 16.7. The molecule has 1 aromatic rings. The summed E-state index contributed by atoms with van der Waals surface area (Å²) >= 11 is 0. The van der Waals surface area contributed by atoms with Crippen molar-refractivity contribution < 1.29 is 34.1 Å². The third-order valence-electron chi connectivity index (χ3n) is 11.9. The Morgan fingerprint density at radius 3 is 2.27 bits per heavy atom. The Labute approximate surface area is 332 Å². The summed E-state index contributed by atoms with van der Waals surface area (Å²) in [5, 5.41) is 24.3. The van der Waals surface area contributed by atoms with Crippen LogP contribution in [-0.2, 0) is 14.4 Å². The van der Waals surface area contributed by atoms with Gasteiger partial charge in [0.25, 0.3) is 0 Å². The lowest BCUT2D eigenvalue weighted by molar-refractivity contribution is -0.257. The van der Waals surface area contributed by atoms with Crippen LogP contribution in [0.2, 0.25) is 0 Å². The van der Waals surface area contributed by atoms with Gasteiger partial charge >= 0.3 is 0 Å². The van der Waals surface area contributed by atoms with E-state index in [1.54, 1.807) is 19.3 Å². The predicted octanol–water partition coefficient (Wildman–Crippen LogP) is 9.67. The minimum Gasteiger partial charge on any atom is -0.490 e. The van der Waals surface area contributed by atoms with Crippen LogP contribution in [-0.4, -0.2) is 78.6 Å². The van der Waals surface area contributed by atoms with Gasteiger partial charge in [0.2, 0.25) is 11.7 Å². The molecule has 2 N–H and O–H groups in total. The van der Waals surface area contributed by atoms with Crippen molar-refractivity contribution in [3.63, 3.8) is 0 Å². The fourth-order valence-electron chi connectivity index (χ4n) is 9.43. The molecule has 9 heteroatoms. The normalized spacial score (nSPS) is 24.6. The highest BCUT2D eigenvalue weighted by molar-refractivity contribution is 6.03. The maximum absolute atomic E-state index is 14.5. The fourth-order valence-corrected chi connectivity index (χ4v) is 9.43. The third-order valence-corrected chi connectivity index (χ3v) is 11.9. The summed E-state index contributed by atoms with van der Waals surface area (Å²) in [5.41, 5.74) is 2.92. The molecular formula is C46H72N2O7. The van der Waals surface area contributed by atoms with Gasteiger partial charge in [-0.25, -0.2) is 0 Å². The molecule has 308 valence electrons. The molecule has 0 spiro atoms. The van der Waals surface area contributed by atoms with E-state index in [0.717, 1.165) is 86.1 Å². The zero-order valence-corrected chi connectivity index (χ0v) is 34.4. The monoisotopic (exact) mass is 765 g/mol. The number of carbonyl (C=O) groups excluding carboxylic acids is 1. The number of aliphatic hydroxyl groups excluding tert-OH is 2. The fraction of sp³-hybridized carbons (Fsp3) is 0.696. The van der Waals surface area contributed by atoms with Crippen molar-refractivity contribution in [2.45, 2.75) is 147 Å². The largest absolute Gasteiger partial charge is 0.490 e. The van der Waals surface area contributed by atoms with Gasteiger partial charge in [-0.05, 0) is 74.1 Å². The molecule has 1 aromatic carbocycles. The average Bonchev–Trinajstić information content (AvgIpc) is 3.19. The average molecular weight is 765 g/mol. The summed E-state index contributed by atoms with van der Waals surface area (Å²) in [7, 11) is 1.59. The number of allylic oxidation sites excluding steroid dienone is 1. The SMILES string of the molecule is C=CCOc1ccc2c(c1)C1C(CCCCO)C(CCCCO)C=C3C(=NOC)CC(N(CCC)C(=O)CCCCCCCCCCC)C(OCC=C)(O2)C31. The standard InChI is InChI=1S/C46H72N2O7/c1-6-10-11-12-13-14-15-16-17-24-43(51)48(27-7-2)42-34-40(47-52-5)38-32-35(22-18-20-28-49)37(23-19-21-29-50)44-39-33-36(53-30-8-3)25-26-41(39)55-46(42,45(38)44)54-31-9-4/h8-9,25-26,32-33,35,37,42,44-45,49-50H,3-4,6-7,10-24,27-31,34H2,1-2,5H3. The molecule has 4 rings (SSSR count). The number of fused-ring (bicyclic) bond motifs is 2. The summed E-state index contributed by atoms with van der Waals surface area (Å²) in [6.07, 6.45) is 23.3. The first-order valence-electron chi connectivity index (χ1n) is 21.6. The molecule has 0 saturated heterocycles. The Hall–Kier alpha value is -3.14. The highest BCUT2D eigenvalue weighted by Gasteiger charge is 2.65. The number of hydrogen-bond acceptors (Lipinski definition) is 8. The summed E-state index contributed by atoms with van der Waals surface area (Å²) in [4.78, 5) is 22.1. The van der Waals surface area contributed by atoms with Gasteiger partial charge in [0, 0.05) is 44.1 Å². The zero-order chi connectivity index (χ0) is 39.5. The number of carbonyl (C=O) groups is 1. The first kappa shape index (κ1) is 44.6. The van der Waals surface area contributed by atoms with E-state index in [9.17, 15) is 15.0 Å². The lowest BCUT2D eigenvalue weighted by Crippen LogP contribution is -2.70. The minimum atomic E-state index is -1.22. The number of ether oxygens (including phenoxy) is 3. The Bertz CT molecular complexity index is 1390. The van der Waals surface area contributed by atoms with Crippen LogP contribution < -0.4 is 9.47 Å².